The zero-order valence-electron chi connectivity index (χ0n) is 12.5. The highest BCUT2D eigenvalue weighted by atomic mass is 16.5. The van der Waals surface area contributed by atoms with Crippen LogP contribution in [-0.2, 0) is 6.54 Å². The summed E-state index contributed by atoms with van der Waals surface area (Å²) in [6.07, 6.45) is 0. The van der Waals surface area contributed by atoms with Crippen molar-refractivity contribution in [3.05, 3.63) is 59.2 Å². The summed E-state index contributed by atoms with van der Waals surface area (Å²) in [6.45, 7) is 2.62. The minimum atomic E-state index is -0.933. The van der Waals surface area contributed by atoms with Crippen LogP contribution < -0.4 is 9.64 Å². The van der Waals surface area contributed by atoms with Gasteiger partial charge in [0.1, 0.15) is 5.75 Å². The smallest absolute Gasteiger partial charge is 0.335 e. The highest BCUT2D eigenvalue weighted by molar-refractivity contribution is 5.88. The van der Waals surface area contributed by atoms with Crippen LogP contribution in [0.5, 0.6) is 5.75 Å². The molecule has 0 aliphatic rings. The van der Waals surface area contributed by atoms with Crippen LogP contribution in [0.1, 0.15) is 21.5 Å². The van der Waals surface area contributed by atoms with Crippen molar-refractivity contribution in [1.82, 2.24) is 0 Å². The Hall–Kier alpha value is -2.49. The van der Waals surface area contributed by atoms with E-state index < -0.39 is 5.97 Å². The number of ether oxygens (including phenoxy) is 1. The summed E-state index contributed by atoms with van der Waals surface area (Å²) >= 11 is 0. The number of methoxy groups -OCH3 is 1. The number of aromatic carboxylic acids is 1. The first-order chi connectivity index (χ1) is 10.0. The monoisotopic (exact) mass is 285 g/mol. The van der Waals surface area contributed by atoms with Gasteiger partial charge in [-0.2, -0.15) is 0 Å². The Morgan fingerprint density at radius 3 is 2.43 bits per heavy atom. The van der Waals surface area contributed by atoms with Gasteiger partial charge in [-0.3, -0.25) is 0 Å². The summed E-state index contributed by atoms with van der Waals surface area (Å²) in [7, 11) is 3.56. The Morgan fingerprint density at radius 1 is 1.19 bits per heavy atom. The minimum Gasteiger partial charge on any atom is -0.496 e. The van der Waals surface area contributed by atoms with Gasteiger partial charge in [0.2, 0.25) is 0 Å². The molecular weight excluding hydrogens is 266 g/mol. The van der Waals surface area contributed by atoms with Gasteiger partial charge in [0, 0.05) is 24.8 Å². The topological polar surface area (TPSA) is 49.8 Å². The summed E-state index contributed by atoms with van der Waals surface area (Å²) in [6, 6.07) is 13.1. The second-order valence-corrected chi connectivity index (χ2v) is 5.02. The molecule has 0 aromatic heterocycles. The number of nitrogens with zero attached hydrogens (tertiary/aromatic N) is 1. The third-order valence-electron chi connectivity index (χ3n) is 3.41. The number of carbonyl (C=O) groups is 1. The largest absolute Gasteiger partial charge is 0.496 e. The van der Waals surface area contributed by atoms with E-state index in [0.29, 0.717) is 12.3 Å². The summed E-state index contributed by atoms with van der Waals surface area (Å²) in [4.78, 5) is 13.2. The van der Waals surface area contributed by atoms with Crippen LogP contribution in [0.2, 0.25) is 0 Å². The van der Waals surface area contributed by atoms with Gasteiger partial charge in [0.05, 0.1) is 12.7 Å². The van der Waals surface area contributed by atoms with E-state index >= 15 is 0 Å². The first-order valence-corrected chi connectivity index (χ1v) is 6.69. The summed E-state index contributed by atoms with van der Waals surface area (Å²) in [5.74, 6) is -0.240. The average Bonchev–Trinajstić information content (AvgIpc) is 2.47. The van der Waals surface area contributed by atoms with Gasteiger partial charge in [0.15, 0.2) is 0 Å². The average molecular weight is 285 g/mol. The van der Waals surface area contributed by atoms with Gasteiger partial charge >= 0.3 is 5.97 Å². The van der Waals surface area contributed by atoms with E-state index in [-0.39, 0.29) is 5.56 Å². The molecule has 0 atom stereocenters. The minimum absolute atomic E-state index is 0.267. The predicted molar refractivity (Wildman–Crippen MR) is 83.2 cm³/mol. The van der Waals surface area contributed by atoms with E-state index in [1.165, 1.54) is 5.56 Å². The Balaban J connectivity index is 2.26. The Labute approximate surface area is 124 Å². The van der Waals surface area contributed by atoms with E-state index in [0.717, 1.165) is 11.3 Å². The van der Waals surface area contributed by atoms with Gasteiger partial charge in [-0.15, -0.1) is 0 Å². The number of carboxylic acid groups (broad SMARTS) is 1. The van der Waals surface area contributed by atoms with Crippen LogP contribution in [0, 0.1) is 6.92 Å². The van der Waals surface area contributed by atoms with E-state index in [2.05, 4.69) is 17.0 Å². The summed E-state index contributed by atoms with van der Waals surface area (Å²) < 4.78 is 5.32. The SMILES string of the molecule is COc1ccc(C(=O)O)cc1CN(C)c1ccc(C)cc1. The quantitative estimate of drug-likeness (QED) is 0.915. The van der Waals surface area contributed by atoms with E-state index in [4.69, 9.17) is 9.84 Å². The lowest BCUT2D eigenvalue weighted by atomic mass is 10.1. The molecule has 0 saturated heterocycles. The number of rotatable bonds is 5. The molecule has 0 spiro atoms. The van der Waals surface area contributed by atoms with Gasteiger partial charge in [-0.25, -0.2) is 4.79 Å². The molecule has 0 fully saturated rings. The molecule has 0 bridgehead atoms. The Morgan fingerprint density at radius 2 is 1.86 bits per heavy atom. The predicted octanol–water partition coefficient (Wildman–Crippen LogP) is 3.34. The number of hydrogen-bond donors (Lipinski definition) is 1. The second-order valence-electron chi connectivity index (χ2n) is 5.02. The fourth-order valence-corrected chi connectivity index (χ4v) is 2.18. The van der Waals surface area contributed by atoms with E-state index in [1.807, 2.05) is 26.1 Å². The molecule has 0 saturated carbocycles. The molecule has 2 rings (SSSR count). The lowest BCUT2D eigenvalue weighted by molar-refractivity contribution is 0.0696. The van der Waals surface area contributed by atoms with Crippen LogP contribution in [0.4, 0.5) is 5.69 Å². The highest BCUT2D eigenvalue weighted by Gasteiger charge is 2.11. The van der Waals surface area contributed by atoms with Gasteiger partial charge in [-0.05, 0) is 37.3 Å². The van der Waals surface area contributed by atoms with Crippen LogP contribution in [-0.4, -0.2) is 25.2 Å². The van der Waals surface area contributed by atoms with Crippen molar-refractivity contribution in [2.45, 2.75) is 13.5 Å². The van der Waals surface area contributed by atoms with Crippen molar-refractivity contribution < 1.29 is 14.6 Å². The van der Waals surface area contributed by atoms with Crippen molar-refractivity contribution in [1.29, 1.82) is 0 Å². The molecule has 21 heavy (non-hydrogen) atoms. The zero-order chi connectivity index (χ0) is 15.4. The van der Waals surface area contributed by atoms with E-state index in [1.54, 1.807) is 25.3 Å². The molecule has 0 amide bonds. The molecule has 0 heterocycles. The Kier molecular flexibility index (Phi) is 4.48. The maximum Gasteiger partial charge on any atom is 0.335 e. The number of benzene rings is 2. The molecule has 110 valence electrons. The van der Waals surface area contributed by atoms with Crippen LogP contribution in [0.15, 0.2) is 42.5 Å². The van der Waals surface area contributed by atoms with Crippen molar-refractivity contribution in [3.8, 4) is 5.75 Å². The van der Waals surface area contributed by atoms with Gasteiger partial charge in [-0.1, -0.05) is 17.7 Å². The molecule has 2 aromatic rings. The number of anilines is 1. The second kappa shape index (κ2) is 6.31. The lowest BCUT2D eigenvalue weighted by Gasteiger charge is -2.21. The van der Waals surface area contributed by atoms with Crippen LogP contribution in [0.25, 0.3) is 0 Å². The molecule has 0 aliphatic carbocycles. The number of carboxylic acids is 1. The maximum atomic E-state index is 11.1. The first-order valence-electron chi connectivity index (χ1n) is 6.69. The Bertz CT molecular complexity index is 635. The van der Waals surface area contributed by atoms with Crippen LogP contribution >= 0.6 is 0 Å². The third kappa shape index (κ3) is 3.54. The summed E-state index contributed by atoms with van der Waals surface area (Å²) in [5.41, 5.74) is 3.39. The zero-order valence-corrected chi connectivity index (χ0v) is 12.5. The number of hydrogen-bond acceptors (Lipinski definition) is 3. The molecule has 4 heteroatoms. The molecule has 1 N–H and O–H groups in total. The van der Waals surface area contributed by atoms with Crippen LogP contribution in [0.3, 0.4) is 0 Å². The summed E-state index contributed by atoms with van der Waals surface area (Å²) in [5, 5.41) is 9.10. The van der Waals surface area contributed by atoms with Crippen molar-refractivity contribution in [3.63, 3.8) is 0 Å². The van der Waals surface area contributed by atoms with Crippen molar-refractivity contribution in [2.75, 3.05) is 19.1 Å². The third-order valence-corrected chi connectivity index (χ3v) is 3.41. The standard InChI is InChI=1S/C17H19NO3/c1-12-4-7-15(8-5-12)18(2)11-14-10-13(17(19)20)6-9-16(14)21-3/h4-10H,11H2,1-3H3,(H,19,20). The lowest BCUT2D eigenvalue weighted by Crippen LogP contribution is -2.17. The molecule has 0 radical (unpaired) electrons. The van der Waals surface area contributed by atoms with Gasteiger partial charge < -0.3 is 14.7 Å². The van der Waals surface area contributed by atoms with Crippen molar-refractivity contribution in [2.24, 2.45) is 0 Å². The maximum absolute atomic E-state index is 11.1. The van der Waals surface area contributed by atoms with Crippen molar-refractivity contribution >= 4 is 11.7 Å². The number of aryl methyl sites for hydroxylation is 1. The molecule has 2 aromatic carbocycles. The molecule has 4 nitrogen and oxygen atoms in total. The fourth-order valence-electron chi connectivity index (χ4n) is 2.18. The molecular formula is C17H19NO3. The normalized spacial score (nSPS) is 10.2. The van der Waals surface area contributed by atoms with Gasteiger partial charge in [0.25, 0.3) is 0 Å². The van der Waals surface area contributed by atoms with E-state index in [9.17, 15) is 4.79 Å². The fraction of sp³-hybridized carbons (Fsp3) is 0.235. The molecule has 0 aliphatic heterocycles. The highest BCUT2D eigenvalue weighted by Crippen LogP contribution is 2.24. The molecule has 0 unspecified atom stereocenters. The first kappa shape index (κ1) is 14.9.